The Morgan fingerprint density at radius 1 is 1.12 bits per heavy atom. The molecule has 0 N–H and O–H groups in total. The van der Waals surface area contributed by atoms with Gasteiger partial charge in [0.05, 0.1) is 0 Å². The molecule has 0 amide bonds. The number of hydrogen-bond acceptors (Lipinski definition) is 3. The fourth-order valence-electron chi connectivity index (χ4n) is 4.89. The molecule has 5 rings (SSSR count). The van der Waals surface area contributed by atoms with Gasteiger partial charge < -0.3 is 4.52 Å². The SMILES string of the molecule is N#Cc1cc(C2C3CC4CC(C3)CC2C4)on1. The first-order valence-electron chi connectivity index (χ1n) is 6.70. The van der Waals surface area contributed by atoms with E-state index in [1.807, 2.05) is 6.07 Å². The van der Waals surface area contributed by atoms with Crippen LogP contribution >= 0.6 is 0 Å². The van der Waals surface area contributed by atoms with Crippen LogP contribution in [0.15, 0.2) is 10.6 Å². The molecule has 4 bridgehead atoms. The van der Waals surface area contributed by atoms with Crippen LogP contribution in [-0.2, 0) is 0 Å². The molecule has 0 radical (unpaired) electrons. The van der Waals surface area contributed by atoms with Crippen LogP contribution in [0.1, 0.15) is 49.5 Å². The van der Waals surface area contributed by atoms with Gasteiger partial charge in [-0.2, -0.15) is 5.26 Å². The molecule has 3 nitrogen and oxygen atoms in total. The van der Waals surface area contributed by atoms with Crippen LogP contribution in [0.25, 0.3) is 0 Å². The van der Waals surface area contributed by atoms with E-state index in [1.54, 1.807) is 0 Å². The van der Waals surface area contributed by atoms with Gasteiger partial charge in [0, 0.05) is 12.0 Å². The maximum atomic E-state index is 8.83. The molecule has 0 atom stereocenters. The van der Waals surface area contributed by atoms with Gasteiger partial charge in [-0.1, -0.05) is 5.16 Å². The summed E-state index contributed by atoms with van der Waals surface area (Å²) < 4.78 is 5.41. The lowest BCUT2D eigenvalue weighted by atomic mass is 9.51. The van der Waals surface area contributed by atoms with E-state index in [0.717, 1.165) is 29.4 Å². The minimum Gasteiger partial charge on any atom is -0.360 e. The van der Waals surface area contributed by atoms with Crippen LogP contribution in [0.5, 0.6) is 0 Å². The maximum absolute atomic E-state index is 8.83. The Balaban J connectivity index is 1.68. The van der Waals surface area contributed by atoms with Gasteiger partial charge in [0.2, 0.25) is 0 Å². The molecule has 0 aliphatic heterocycles. The largest absolute Gasteiger partial charge is 0.360 e. The molecule has 4 aliphatic carbocycles. The highest BCUT2D eigenvalue weighted by Gasteiger charge is 2.49. The van der Waals surface area contributed by atoms with Gasteiger partial charge in [-0.15, -0.1) is 0 Å². The number of aromatic nitrogens is 1. The van der Waals surface area contributed by atoms with Crippen LogP contribution < -0.4 is 0 Å². The molecule has 0 unspecified atom stereocenters. The zero-order chi connectivity index (χ0) is 11.4. The minimum absolute atomic E-state index is 0.439. The molecule has 0 saturated heterocycles. The van der Waals surface area contributed by atoms with Gasteiger partial charge in [0.15, 0.2) is 5.69 Å². The molecule has 0 aromatic carbocycles. The Morgan fingerprint density at radius 2 is 1.76 bits per heavy atom. The lowest BCUT2D eigenvalue weighted by molar-refractivity contribution is -0.0113. The summed E-state index contributed by atoms with van der Waals surface area (Å²) in [6.45, 7) is 0. The fourth-order valence-corrected chi connectivity index (χ4v) is 4.89. The zero-order valence-electron chi connectivity index (χ0n) is 9.80. The Labute approximate surface area is 101 Å². The van der Waals surface area contributed by atoms with Crippen LogP contribution in [0, 0.1) is 35.0 Å². The van der Waals surface area contributed by atoms with Gasteiger partial charge in [-0.3, -0.25) is 0 Å². The molecule has 4 saturated carbocycles. The fraction of sp³-hybridized carbons (Fsp3) is 0.714. The van der Waals surface area contributed by atoms with Crippen LogP contribution in [0.2, 0.25) is 0 Å². The van der Waals surface area contributed by atoms with Crippen molar-refractivity contribution < 1.29 is 4.52 Å². The van der Waals surface area contributed by atoms with E-state index in [-0.39, 0.29) is 0 Å². The van der Waals surface area contributed by atoms with Gasteiger partial charge >= 0.3 is 0 Å². The van der Waals surface area contributed by atoms with Gasteiger partial charge in [0.25, 0.3) is 0 Å². The summed E-state index contributed by atoms with van der Waals surface area (Å²) in [5, 5.41) is 12.7. The van der Waals surface area contributed by atoms with Gasteiger partial charge in [-0.25, -0.2) is 0 Å². The number of hydrogen-bond donors (Lipinski definition) is 0. The van der Waals surface area contributed by atoms with Crippen molar-refractivity contribution in [3.8, 4) is 6.07 Å². The molecule has 4 aliphatic rings. The predicted octanol–water partition coefficient (Wildman–Crippen LogP) is 3.09. The van der Waals surface area contributed by atoms with Crippen molar-refractivity contribution >= 4 is 0 Å². The van der Waals surface area contributed by atoms with Crippen molar-refractivity contribution in [2.75, 3.05) is 0 Å². The third kappa shape index (κ3) is 1.36. The summed E-state index contributed by atoms with van der Waals surface area (Å²) in [5.41, 5.74) is 0.439. The van der Waals surface area contributed by atoms with Crippen molar-refractivity contribution in [3.63, 3.8) is 0 Å². The average Bonchev–Trinajstić information content (AvgIpc) is 2.76. The van der Waals surface area contributed by atoms with E-state index in [4.69, 9.17) is 9.78 Å². The van der Waals surface area contributed by atoms with Crippen molar-refractivity contribution in [3.05, 3.63) is 17.5 Å². The lowest BCUT2D eigenvalue weighted by Gasteiger charge is -2.53. The second-order valence-electron chi connectivity index (χ2n) is 6.18. The van der Waals surface area contributed by atoms with Crippen molar-refractivity contribution in [1.82, 2.24) is 5.16 Å². The molecule has 1 aromatic heterocycles. The summed E-state index contributed by atoms with van der Waals surface area (Å²) in [6, 6.07) is 3.93. The van der Waals surface area contributed by atoms with E-state index < -0.39 is 0 Å². The second kappa shape index (κ2) is 3.35. The Kier molecular flexibility index (Phi) is 1.91. The third-order valence-electron chi connectivity index (χ3n) is 5.20. The molecule has 4 fully saturated rings. The third-order valence-corrected chi connectivity index (χ3v) is 5.20. The van der Waals surface area contributed by atoms with Crippen LogP contribution in [-0.4, -0.2) is 5.16 Å². The highest BCUT2D eigenvalue weighted by atomic mass is 16.5. The normalized spacial score (nSPS) is 42.6. The van der Waals surface area contributed by atoms with Crippen molar-refractivity contribution in [2.45, 2.75) is 38.0 Å². The van der Waals surface area contributed by atoms with Crippen LogP contribution in [0.4, 0.5) is 0 Å². The summed E-state index contributed by atoms with van der Waals surface area (Å²) in [5.74, 6) is 5.09. The smallest absolute Gasteiger partial charge is 0.183 e. The quantitative estimate of drug-likeness (QED) is 0.742. The van der Waals surface area contributed by atoms with Crippen LogP contribution in [0.3, 0.4) is 0 Å². The van der Waals surface area contributed by atoms with Crippen molar-refractivity contribution in [1.29, 1.82) is 5.26 Å². The second-order valence-corrected chi connectivity index (χ2v) is 6.18. The highest BCUT2D eigenvalue weighted by Crippen LogP contribution is 2.59. The molecule has 17 heavy (non-hydrogen) atoms. The lowest BCUT2D eigenvalue weighted by Crippen LogP contribution is -2.43. The van der Waals surface area contributed by atoms with E-state index in [0.29, 0.717) is 11.6 Å². The Morgan fingerprint density at radius 3 is 2.29 bits per heavy atom. The summed E-state index contributed by atoms with van der Waals surface area (Å²) in [4.78, 5) is 0. The first-order valence-corrected chi connectivity index (χ1v) is 6.70. The van der Waals surface area contributed by atoms with Crippen molar-refractivity contribution in [2.24, 2.45) is 23.7 Å². The standard InChI is InChI=1S/C14H16N2O/c15-7-12-6-13(17-16-12)14-10-2-8-1-9(4-10)5-11(14)3-8/h6,8-11,14H,1-5H2. The molecular formula is C14H16N2O. The average molecular weight is 228 g/mol. The van der Waals surface area contributed by atoms with Gasteiger partial charge in [-0.05, 0) is 55.8 Å². The van der Waals surface area contributed by atoms with E-state index in [2.05, 4.69) is 11.2 Å². The maximum Gasteiger partial charge on any atom is 0.183 e. The Hall–Kier alpha value is -1.30. The molecule has 88 valence electrons. The monoisotopic (exact) mass is 228 g/mol. The summed E-state index contributed by atoms with van der Waals surface area (Å²) in [7, 11) is 0. The topological polar surface area (TPSA) is 49.8 Å². The molecule has 3 heteroatoms. The number of nitriles is 1. The van der Waals surface area contributed by atoms with E-state index in [9.17, 15) is 0 Å². The summed E-state index contributed by atoms with van der Waals surface area (Å²) in [6.07, 6.45) is 6.97. The molecule has 0 spiro atoms. The van der Waals surface area contributed by atoms with E-state index >= 15 is 0 Å². The van der Waals surface area contributed by atoms with E-state index in [1.165, 1.54) is 32.1 Å². The molecule has 1 aromatic rings. The number of nitrogens with zero attached hydrogens (tertiary/aromatic N) is 2. The predicted molar refractivity (Wildman–Crippen MR) is 61.0 cm³/mol. The number of rotatable bonds is 1. The van der Waals surface area contributed by atoms with Gasteiger partial charge in [0.1, 0.15) is 11.8 Å². The minimum atomic E-state index is 0.439. The summed E-state index contributed by atoms with van der Waals surface area (Å²) >= 11 is 0. The highest BCUT2D eigenvalue weighted by molar-refractivity contribution is 5.23. The Bertz CT molecular complexity index is 457. The molecule has 1 heterocycles. The zero-order valence-corrected chi connectivity index (χ0v) is 9.80. The molecular weight excluding hydrogens is 212 g/mol. The first-order chi connectivity index (χ1) is 8.33. The first kappa shape index (κ1) is 9.70.